The van der Waals surface area contributed by atoms with Gasteiger partial charge in [0, 0.05) is 0 Å². The molecule has 0 aromatic carbocycles. The third-order valence-electron chi connectivity index (χ3n) is 0.1000. The van der Waals surface area contributed by atoms with E-state index in [1.165, 1.54) is 0 Å². The largest absolute Gasteiger partial charge is 1.00 e. The van der Waals surface area contributed by atoms with Gasteiger partial charge in [0.05, 0.1) is 13.2 Å². The molecular formula is C2H10BCsO2. The van der Waals surface area contributed by atoms with Crippen LogP contribution in [-0.4, -0.2) is 31.8 Å². The Morgan fingerprint density at radius 2 is 1.17 bits per heavy atom. The van der Waals surface area contributed by atoms with Crippen LogP contribution >= 0.6 is 0 Å². The van der Waals surface area contributed by atoms with Crippen LogP contribution in [0.15, 0.2) is 0 Å². The summed E-state index contributed by atoms with van der Waals surface area (Å²) in [6.07, 6.45) is 0. The summed E-state index contributed by atoms with van der Waals surface area (Å²) >= 11 is 0. The minimum absolute atomic E-state index is 0. The molecule has 0 aliphatic heterocycles. The third kappa shape index (κ3) is 16.6. The Morgan fingerprint density at radius 3 is 1.17 bits per heavy atom. The Balaban J connectivity index is -0.0000000450. The zero-order valence-corrected chi connectivity index (χ0v) is 9.59. The van der Waals surface area contributed by atoms with Gasteiger partial charge in [-0.25, -0.2) is 0 Å². The van der Waals surface area contributed by atoms with Gasteiger partial charge >= 0.3 is 68.9 Å². The smallest absolute Gasteiger partial charge is 0.394 e. The average Bonchev–Trinajstić information content (AvgIpc) is 1.37. The van der Waals surface area contributed by atoms with Crippen LogP contribution in [-0.2, 0) is 0 Å². The number of rotatable bonds is 1. The quantitative estimate of drug-likeness (QED) is 0.424. The first-order valence-electron chi connectivity index (χ1n) is 1.13. The van der Waals surface area contributed by atoms with Gasteiger partial charge in [0.1, 0.15) is 0 Å². The maximum Gasteiger partial charge on any atom is 1.00 e. The number of aliphatic hydroxyl groups excluding tert-OH is 2. The van der Waals surface area contributed by atoms with Crippen LogP contribution in [0.5, 0.6) is 0 Å². The van der Waals surface area contributed by atoms with Gasteiger partial charge in [-0.15, -0.1) is 0 Å². The molecule has 0 spiro atoms. The summed E-state index contributed by atoms with van der Waals surface area (Å²) in [6.45, 7) is -0.250. The molecule has 0 saturated heterocycles. The molecule has 0 rings (SSSR count). The van der Waals surface area contributed by atoms with Crippen LogP contribution in [0.2, 0.25) is 0 Å². The Morgan fingerprint density at radius 1 is 1.00 bits per heavy atom. The van der Waals surface area contributed by atoms with Crippen molar-refractivity contribution < 1.29 is 79.1 Å². The predicted octanol–water partition coefficient (Wildman–Crippen LogP) is -5.48. The second-order valence-corrected chi connectivity index (χ2v) is 0.447. The monoisotopic (exact) mass is 210 g/mol. The molecule has 34 valence electrons. The van der Waals surface area contributed by atoms with E-state index in [0.29, 0.717) is 0 Å². The van der Waals surface area contributed by atoms with Gasteiger partial charge in [0.2, 0.25) is 0 Å². The Kier molecular flexibility index (Phi) is 41.1. The standard InChI is InChI=1S/C2H6O2.BH4.Cs/c3-1-2-4;;/h3-4H,1-2H2;1H4;/q;-1;+1. The molecule has 0 fully saturated rings. The predicted molar refractivity (Wildman–Crippen MR) is 25.5 cm³/mol. The van der Waals surface area contributed by atoms with E-state index in [1.807, 2.05) is 0 Å². The van der Waals surface area contributed by atoms with E-state index in [9.17, 15) is 0 Å². The SMILES string of the molecule is OCCO.[BH4-].[Cs+]. The van der Waals surface area contributed by atoms with Crippen molar-refractivity contribution in [1.82, 2.24) is 0 Å². The molecule has 0 saturated carbocycles. The summed E-state index contributed by atoms with van der Waals surface area (Å²) in [6, 6.07) is 0. The van der Waals surface area contributed by atoms with Gasteiger partial charge in [0.15, 0.2) is 0 Å². The molecule has 4 heteroatoms. The fourth-order valence-electron chi connectivity index (χ4n) is 0. The fraction of sp³-hybridized carbons (Fsp3) is 1.00. The van der Waals surface area contributed by atoms with E-state index in [2.05, 4.69) is 0 Å². The summed E-state index contributed by atoms with van der Waals surface area (Å²) in [5, 5.41) is 15.2. The molecule has 0 aromatic rings. The topological polar surface area (TPSA) is 40.5 Å². The van der Waals surface area contributed by atoms with Crippen molar-refractivity contribution in [2.45, 2.75) is 0 Å². The average molecular weight is 210 g/mol. The van der Waals surface area contributed by atoms with Gasteiger partial charge in [-0.1, -0.05) is 8.41 Å². The van der Waals surface area contributed by atoms with Crippen LogP contribution in [0, 0.1) is 0 Å². The molecule has 0 unspecified atom stereocenters. The maximum absolute atomic E-state index is 7.62. The number of hydrogen-bond acceptors (Lipinski definition) is 2. The van der Waals surface area contributed by atoms with E-state index in [-0.39, 0.29) is 90.5 Å². The van der Waals surface area contributed by atoms with Gasteiger partial charge in [-0.2, -0.15) is 0 Å². The van der Waals surface area contributed by atoms with Crippen molar-refractivity contribution in [3.63, 3.8) is 0 Å². The summed E-state index contributed by atoms with van der Waals surface area (Å²) < 4.78 is 0. The van der Waals surface area contributed by atoms with E-state index < -0.39 is 0 Å². The Labute approximate surface area is 98.3 Å². The molecular weight excluding hydrogens is 200 g/mol. The van der Waals surface area contributed by atoms with Crippen LogP contribution in [0.3, 0.4) is 0 Å². The molecule has 6 heavy (non-hydrogen) atoms. The second-order valence-electron chi connectivity index (χ2n) is 0.447. The van der Waals surface area contributed by atoms with E-state index in [1.54, 1.807) is 0 Å². The molecule has 0 heterocycles. The molecule has 0 bridgehead atoms. The van der Waals surface area contributed by atoms with Crippen LogP contribution in [0.1, 0.15) is 0 Å². The van der Waals surface area contributed by atoms with Crippen LogP contribution < -0.4 is 68.9 Å². The summed E-state index contributed by atoms with van der Waals surface area (Å²) in [5.74, 6) is 0. The first-order valence-corrected chi connectivity index (χ1v) is 1.13. The molecule has 0 atom stereocenters. The molecule has 2 nitrogen and oxygen atoms in total. The van der Waals surface area contributed by atoms with Crippen molar-refractivity contribution in [3.8, 4) is 0 Å². The van der Waals surface area contributed by atoms with Crippen LogP contribution in [0.4, 0.5) is 0 Å². The van der Waals surface area contributed by atoms with Gasteiger partial charge in [-0.05, 0) is 0 Å². The molecule has 0 amide bonds. The fourth-order valence-corrected chi connectivity index (χ4v) is 0. The maximum atomic E-state index is 7.62. The summed E-state index contributed by atoms with van der Waals surface area (Å²) in [4.78, 5) is 0. The van der Waals surface area contributed by atoms with Crippen LogP contribution in [0.25, 0.3) is 0 Å². The van der Waals surface area contributed by atoms with Crippen molar-refractivity contribution in [1.29, 1.82) is 0 Å². The van der Waals surface area contributed by atoms with Crippen molar-refractivity contribution in [2.24, 2.45) is 0 Å². The number of hydrogen-bond donors (Lipinski definition) is 2. The molecule has 2 N–H and O–H groups in total. The first-order chi connectivity index (χ1) is 1.91. The summed E-state index contributed by atoms with van der Waals surface area (Å²) in [7, 11) is 0. The third-order valence-corrected chi connectivity index (χ3v) is 0.1000. The molecule has 0 aliphatic rings. The summed E-state index contributed by atoms with van der Waals surface area (Å²) in [5.41, 5.74) is 0. The minimum Gasteiger partial charge on any atom is -0.394 e. The van der Waals surface area contributed by atoms with Crippen molar-refractivity contribution >= 4 is 8.41 Å². The normalized spacial score (nSPS) is 5.00. The number of aliphatic hydroxyl groups is 2. The van der Waals surface area contributed by atoms with Gasteiger partial charge in [0.25, 0.3) is 0 Å². The Bertz CT molecular complexity index is 13.5. The van der Waals surface area contributed by atoms with Crippen molar-refractivity contribution in [2.75, 3.05) is 13.2 Å². The van der Waals surface area contributed by atoms with E-state index >= 15 is 0 Å². The molecule has 0 aromatic heterocycles. The van der Waals surface area contributed by atoms with E-state index in [0.717, 1.165) is 0 Å². The first kappa shape index (κ1) is 15.7. The van der Waals surface area contributed by atoms with E-state index in [4.69, 9.17) is 10.2 Å². The molecule has 0 aliphatic carbocycles. The zero-order chi connectivity index (χ0) is 3.41. The van der Waals surface area contributed by atoms with Crippen molar-refractivity contribution in [3.05, 3.63) is 0 Å². The van der Waals surface area contributed by atoms with Gasteiger partial charge < -0.3 is 10.2 Å². The minimum atomic E-state index is -0.125. The molecule has 0 radical (unpaired) electrons. The Hall–Kier alpha value is 2.04. The van der Waals surface area contributed by atoms with Gasteiger partial charge in [-0.3, -0.25) is 0 Å². The zero-order valence-electron chi connectivity index (χ0n) is 3.31. The second kappa shape index (κ2) is 15.7.